The average Bonchev–Trinajstić information content (AvgIpc) is 2.60. The average molecular weight is 399 g/mol. The first kappa shape index (κ1) is 20.1. The Balaban J connectivity index is 1.38. The van der Waals surface area contributed by atoms with Crippen molar-refractivity contribution < 1.29 is 22.3 Å². The molecule has 1 aliphatic carbocycles. The van der Waals surface area contributed by atoms with Crippen molar-refractivity contribution in [3.05, 3.63) is 30.1 Å². The highest BCUT2D eigenvalue weighted by Gasteiger charge is 2.29. The molecule has 2 aliphatic rings. The molecule has 1 saturated carbocycles. The van der Waals surface area contributed by atoms with Crippen LogP contribution in [0.3, 0.4) is 0 Å². The Kier molecular flexibility index (Phi) is 6.70. The largest absolute Gasteiger partial charge is 0.489 e. The number of sulfonamides is 1. The van der Waals surface area contributed by atoms with Crippen LogP contribution in [-0.2, 0) is 14.8 Å². The number of nitrogens with zero attached hydrogens (tertiary/aromatic N) is 1. The molecule has 150 valence electrons. The Morgan fingerprint density at radius 2 is 1.89 bits per heavy atom. The van der Waals surface area contributed by atoms with Gasteiger partial charge in [-0.3, -0.25) is 4.79 Å². The zero-order valence-corrected chi connectivity index (χ0v) is 16.2. The van der Waals surface area contributed by atoms with Gasteiger partial charge in [0.25, 0.3) is 0 Å². The predicted molar refractivity (Wildman–Crippen MR) is 100 cm³/mol. The fourth-order valence-electron chi connectivity index (χ4n) is 3.40. The molecule has 1 aromatic rings. The highest BCUT2D eigenvalue weighted by Crippen LogP contribution is 2.26. The number of hydrogen-bond donors (Lipinski definition) is 1. The summed E-state index contributed by atoms with van der Waals surface area (Å²) in [5, 5.41) is 3.00. The molecule has 0 bridgehead atoms. The summed E-state index contributed by atoms with van der Waals surface area (Å²) in [6, 6.07) is 5.95. The fraction of sp³-hybridized carbons (Fsp3) is 0.632. The normalized spacial score (nSPS) is 19.4. The zero-order valence-electron chi connectivity index (χ0n) is 15.4. The van der Waals surface area contributed by atoms with Gasteiger partial charge in [-0.1, -0.05) is 18.6 Å². The molecule has 1 aromatic carbocycles. The van der Waals surface area contributed by atoms with E-state index >= 15 is 0 Å². The molecule has 0 unspecified atom stereocenters. The third-order valence-corrected chi connectivity index (χ3v) is 7.28. The van der Waals surface area contributed by atoms with Gasteiger partial charge in [-0.25, -0.2) is 17.1 Å². The Morgan fingerprint density at radius 3 is 2.52 bits per heavy atom. The van der Waals surface area contributed by atoms with Crippen molar-refractivity contribution in [3.63, 3.8) is 0 Å². The maximum absolute atomic E-state index is 13.5. The highest BCUT2D eigenvalue weighted by atomic mass is 32.2. The summed E-state index contributed by atoms with van der Waals surface area (Å²) < 4.78 is 45.1. The van der Waals surface area contributed by atoms with Crippen molar-refractivity contribution in [2.75, 3.05) is 32.0 Å². The van der Waals surface area contributed by atoms with Crippen LogP contribution in [0.4, 0.5) is 4.39 Å². The Bertz CT molecular complexity index is 744. The van der Waals surface area contributed by atoms with Crippen LogP contribution in [0.15, 0.2) is 24.3 Å². The number of halogens is 1. The minimum atomic E-state index is -3.43. The topological polar surface area (TPSA) is 75.7 Å². The highest BCUT2D eigenvalue weighted by molar-refractivity contribution is 7.89. The number of amides is 1. The molecular formula is C19H27FN2O4S. The lowest BCUT2D eigenvalue weighted by atomic mass is 9.84. The maximum atomic E-state index is 13.5. The molecule has 1 N–H and O–H groups in total. The van der Waals surface area contributed by atoms with E-state index in [9.17, 15) is 17.6 Å². The van der Waals surface area contributed by atoms with E-state index < -0.39 is 15.8 Å². The second-order valence-electron chi connectivity index (χ2n) is 7.31. The number of rotatable bonds is 8. The van der Waals surface area contributed by atoms with Crippen molar-refractivity contribution in [1.82, 2.24) is 9.62 Å². The van der Waals surface area contributed by atoms with Gasteiger partial charge >= 0.3 is 0 Å². The van der Waals surface area contributed by atoms with E-state index in [0.29, 0.717) is 25.6 Å². The summed E-state index contributed by atoms with van der Waals surface area (Å²) in [6.45, 7) is 1.44. The lowest BCUT2D eigenvalue weighted by Crippen LogP contribution is -2.44. The van der Waals surface area contributed by atoms with E-state index in [4.69, 9.17) is 4.74 Å². The van der Waals surface area contributed by atoms with Crippen LogP contribution in [0.2, 0.25) is 0 Å². The molecule has 0 spiro atoms. The van der Waals surface area contributed by atoms with Gasteiger partial charge in [-0.05, 0) is 43.7 Å². The number of carbonyl (C=O) groups excluding carboxylic acids is 1. The van der Waals surface area contributed by atoms with Gasteiger partial charge in [-0.2, -0.15) is 0 Å². The van der Waals surface area contributed by atoms with E-state index in [1.807, 2.05) is 0 Å². The van der Waals surface area contributed by atoms with Gasteiger partial charge in [0.1, 0.15) is 6.61 Å². The number of hydrogen-bond acceptors (Lipinski definition) is 4. The van der Waals surface area contributed by atoms with Crippen molar-refractivity contribution in [3.8, 4) is 5.75 Å². The minimum Gasteiger partial charge on any atom is -0.489 e. The summed E-state index contributed by atoms with van der Waals surface area (Å²) in [7, 11) is -3.43. The lowest BCUT2D eigenvalue weighted by molar-refractivity contribution is -0.127. The van der Waals surface area contributed by atoms with E-state index in [1.165, 1.54) is 16.4 Å². The number of para-hydroxylation sites is 1. The van der Waals surface area contributed by atoms with Crippen molar-refractivity contribution in [2.45, 2.75) is 32.1 Å². The predicted octanol–water partition coefficient (Wildman–Crippen LogP) is 2.16. The first-order valence-corrected chi connectivity index (χ1v) is 11.2. The summed E-state index contributed by atoms with van der Waals surface area (Å²) >= 11 is 0. The van der Waals surface area contributed by atoms with E-state index in [0.717, 1.165) is 32.1 Å². The first-order valence-electron chi connectivity index (χ1n) is 9.58. The van der Waals surface area contributed by atoms with Gasteiger partial charge < -0.3 is 10.1 Å². The lowest BCUT2D eigenvalue weighted by Gasteiger charge is -2.32. The molecule has 1 saturated heterocycles. The fourth-order valence-corrected chi connectivity index (χ4v) is 4.72. The number of ether oxygens (including phenoxy) is 1. The molecule has 6 nitrogen and oxygen atoms in total. The van der Waals surface area contributed by atoms with Gasteiger partial charge in [0.2, 0.25) is 15.9 Å². The SMILES string of the molecule is O=C(NCC1CCN(S(=O)(=O)CCOc2ccccc2F)CC1)C1CCC1. The molecule has 0 atom stereocenters. The van der Waals surface area contributed by atoms with Crippen LogP contribution in [0.1, 0.15) is 32.1 Å². The Morgan fingerprint density at radius 1 is 1.19 bits per heavy atom. The summed E-state index contributed by atoms with van der Waals surface area (Å²) in [5.74, 6) is 0.0228. The second-order valence-corrected chi connectivity index (χ2v) is 9.40. The molecule has 27 heavy (non-hydrogen) atoms. The molecule has 1 heterocycles. The molecule has 1 amide bonds. The van der Waals surface area contributed by atoms with E-state index in [-0.39, 0.29) is 29.9 Å². The molecule has 2 fully saturated rings. The van der Waals surface area contributed by atoms with Gasteiger partial charge in [0.15, 0.2) is 11.6 Å². The van der Waals surface area contributed by atoms with Gasteiger partial charge in [0.05, 0.1) is 5.75 Å². The molecular weight excluding hydrogens is 371 g/mol. The van der Waals surface area contributed by atoms with Crippen molar-refractivity contribution >= 4 is 15.9 Å². The summed E-state index contributed by atoms with van der Waals surface area (Å²) in [5.41, 5.74) is 0. The second kappa shape index (κ2) is 9.01. The minimum absolute atomic E-state index is 0.0635. The number of carbonyl (C=O) groups is 1. The number of nitrogens with one attached hydrogen (secondary N) is 1. The van der Waals surface area contributed by atoms with Crippen molar-refractivity contribution in [1.29, 1.82) is 0 Å². The smallest absolute Gasteiger partial charge is 0.223 e. The molecule has 8 heteroatoms. The molecule has 1 aliphatic heterocycles. The summed E-state index contributed by atoms with van der Waals surface area (Å²) in [6.07, 6.45) is 4.57. The Hall–Kier alpha value is -1.67. The zero-order chi connectivity index (χ0) is 19.3. The van der Waals surface area contributed by atoms with E-state index in [2.05, 4.69) is 5.32 Å². The van der Waals surface area contributed by atoms with Crippen LogP contribution in [0, 0.1) is 17.7 Å². The third kappa shape index (κ3) is 5.42. The van der Waals surface area contributed by atoms with Crippen LogP contribution in [-0.4, -0.2) is 50.6 Å². The standard InChI is InChI=1S/C19H27FN2O4S/c20-17-6-1-2-7-18(17)26-12-13-27(24,25)22-10-8-15(9-11-22)14-21-19(23)16-4-3-5-16/h1-2,6-7,15-16H,3-5,8-14H2,(H,21,23). The molecule has 0 aromatic heterocycles. The molecule has 3 rings (SSSR count). The number of piperidine rings is 1. The van der Waals surface area contributed by atoms with Crippen LogP contribution in [0.5, 0.6) is 5.75 Å². The van der Waals surface area contributed by atoms with Crippen LogP contribution >= 0.6 is 0 Å². The first-order chi connectivity index (χ1) is 13.0. The van der Waals surface area contributed by atoms with Crippen LogP contribution < -0.4 is 10.1 Å². The maximum Gasteiger partial charge on any atom is 0.223 e. The van der Waals surface area contributed by atoms with E-state index in [1.54, 1.807) is 12.1 Å². The summed E-state index contributed by atoms with van der Waals surface area (Å²) in [4.78, 5) is 11.9. The van der Waals surface area contributed by atoms with Crippen molar-refractivity contribution in [2.24, 2.45) is 11.8 Å². The quantitative estimate of drug-likeness (QED) is 0.728. The Labute approximate surface area is 160 Å². The van der Waals surface area contributed by atoms with Gasteiger partial charge in [-0.15, -0.1) is 0 Å². The third-order valence-electron chi connectivity index (χ3n) is 5.44. The monoisotopic (exact) mass is 398 g/mol. The number of benzene rings is 1. The molecule has 0 radical (unpaired) electrons. The van der Waals surface area contributed by atoms with Crippen LogP contribution in [0.25, 0.3) is 0 Å². The van der Waals surface area contributed by atoms with Gasteiger partial charge in [0, 0.05) is 25.6 Å².